The van der Waals surface area contributed by atoms with Crippen molar-refractivity contribution in [1.29, 1.82) is 0 Å². The van der Waals surface area contributed by atoms with Crippen molar-refractivity contribution in [3.8, 4) is 5.75 Å². The van der Waals surface area contributed by atoms with Crippen LogP contribution in [0.1, 0.15) is 80.3 Å². The van der Waals surface area contributed by atoms with E-state index < -0.39 is 0 Å². The van der Waals surface area contributed by atoms with Gasteiger partial charge in [0.1, 0.15) is 12.4 Å². The largest absolute Gasteiger partial charge is 0.491 e. The van der Waals surface area contributed by atoms with Crippen LogP contribution >= 0.6 is 11.3 Å². The number of carbonyl (C=O) groups excluding carboxylic acids is 2. The molecule has 0 unspecified atom stereocenters. The summed E-state index contributed by atoms with van der Waals surface area (Å²) in [7, 11) is 0. The molecule has 3 aliphatic rings. The fourth-order valence-corrected chi connectivity index (χ4v) is 7.15. The van der Waals surface area contributed by atoms with Crippen LogP contribution in [0.15, 0.2) is 35.7 Å². The van der Waals surface area contributed by atoms with Gasteiger partial charge in [0.2, 0.25) is 11.8 Å². The van der Waals surface area contributed by atoms with Crippen LogP contribution < -0.4 is 4.74 Å². The Kier molecular flexibility index (Phi) is 9.05. The lowest BCUT2D eigenvalue weighted by Crippen LogP contribution is -2.50. The van der Waals surface area contributed by atoms with Gasteiger partial charge in [-0.2, -0.15) is 0 Å². The minimum Gasteiger partial charge on any atom is -0.491 e. The lowest BCUT2D eigenvalue weighted by atomic mass is 10.00. The molecule has 2 aromatic rings. The number of carbonyl (C=O) groups is 2. The van der Waals surface area contributed by atoms with Gasteiger partial charge in [0.25, 0.3) is 0 Å². The third-order valence-electron chi connectivity index (χ3n) is 8.60. The number of ether oxygens (including phenoxy) is 1. The van der Waals surface area contributed by atoms with Crippen molar-refractivity contribution in [2.24, 2.45) is 5.92 Å². The molecule has 1 saturated heterocycles. The number of hydrogen-bond acceptors (Lipinski definition) is 5. The SMILES string of the molecule is CC(C)c1ccc(OC[C@@H]2c3ccsc3CCN2C(=O)CN(CCN2CCCC2)C(=O)C2CCCC2)cc1. The first kappa shape index (κ1) is 27.2. The van der Waals surface area contributed by atoms with E-state index in [0.29, 0.717) is 25.6 Å². The number of benzene rings is 1. The average molecular weight is 538 g/mol. The molecule has 38 heavy (non-hydrogen) atoms. The normalized spacial score (nSPS) is 20.2. The van der Waals surface area contributed by atoms with Crippen molar-refractivity contribution in [3.63, 3.8) is 0 Å². The quantitative estimate of drug-likeness (QED) is 0.402. The van der Waals surface area contributed by atoms with Crippen LogP contribution in [-0.4, -0.2) is 72.4 Å². The first-order valence-corrected chi connectivity index (χ1v) is 15.5. The van der Waals surface area contributed by atoms with E-state index in [1.165, 1.54) is 28.8 Å². The van der Waals surface area contributed by atoms with Gasteiger partial charge in [-0.1, -0.05) is 38.8 Å². The zero-order chi connectivity index (χ0) is 26.5. The van der Waals surface area contributed by atoms with Gasteiger partial charge < -0.3 is 19.4 Å². The maximum Gasteiger partial charge on any atom is 0.242 e. The van der Waals surface area contributed by atoms with E-state index in [2.05, 4.69) is 42.3 Å². The smallest absolute Gasteiger partial charge is 0.242 e. The van der Waals surface area contributed by atoms with E-state index in [9.17, 15) is 9.59 Å². The summed E-state index contributed by atoms with van der Waals surface area (Å²) in [5, 5.41) is 2.12. The van der Waals surface area contributed by atoms with Crippen LogP contribution in [0.25, 0.3) is 0 Å². The molecule has 1 saturated carbocycles. The van der Waals surface area contributed by atoms with Gasteiger partial charge in [0.15, 0.2) is 0 Å². The van der Waals surface area contributed by atoms with Crippen molar-refractivity contribution in [2.45, 2.75) is 70.8 Å². The summed E-state index contributed by atoms with van der Waals surface area (Å²) in [6, 6.07) is 10.3. The van der Waals surface area contributed by atoms with Gasteiger partial charge >= 0.3 is 0 Å². The number of amides is 2. The second-order valence-electron chi connectivity index (χ2n) is 11.5. The topological polar surface area (TPSA) is 53.1 Å². The highest BCUT2D eigenvalue weighted by Gasteiger charge is 2.35. The molecule has 3 heterocycles. The van der Waals surface area contributed by atoms with Crippen molar-refractivity contribution in [2.75, 3.05) is 45.9 Å². The van der Waals surface area contributed by atoms with Crippen molar-refractivity contribution < 1.29 is 14.3 Å². The van der Waals surface area contributed by atoms with Crippen molar-refractivity contribution in [3.05, 3.63) is 51.7 Å². The number of likely N-dealkylation sites (tertiary alicyclic amines) is 1. The molecule has 0 N–H and O–H groups in total. The first-order valence-electron chi connectivity index (χ1n) is 14.6. The maximum absolute atomic E-state index is 13.9. The van der Waals surface area contributed by atoms with Gasteiger partial charge in [-0.25, -0.2) is 0 Å². The molecule has 206 valence electrons. The Hall–Kier alpha value is -2.38. The summed E-state index contributed by atoms with van der Waals surface area (Å²) in [4.78, 5) is 35.0. The van der Waals surface area contributed by atoms with Crippen LogP contribution in [0, 0.1) is 5.92 Å². The monoisotopic (exact) mass is 537 g/mol. The van der Waals surface area contributed by atoms with Crippen molar-refractivity contribution in [1.82, 2.24) is 14.7 Å². The number of rotatable bonds is 10. The first-order chi connectivity index (χ1) is 18.5. The molecule has 1 aromatic heterocycles. The van der Waals surface area contributed by atoms with Crippen LogP contribution in [-0.2, 0) is 16.0 Å². The van der Waals surface area contributed by atoms with Crippen LogP contribution in [0.4, 0.5) is 0 Å². The molecule has 1 aromatic carbocycles. The maximum atomic E-state index is 13.9. The Morgan fingerprint density at radius 3 is 2.47 bits per heavy atom. The average Bonchev–Trinajstić information content (AvgIpc) is 3.72. The third-order valence-corrected chi connectivity index (χ3v) is 9.59. The fraction of sp³-hybridized carbons (Fsp3) is 0.613. The Bertz CT molecular complexity index is 1070. The molecule has 2 amide bonds. The standard InChI is InChI=1S/C31H43N3O3S/c1-23(2)24-9-11-26(12-10-24)37-22-28-27-14-20-38-29(27)13-17-34(28)30(35)21-33(19-18-32-15-5-6-16-32)31(36)25-7-3-4-8-25/h9-12,14,20,23,25,28H,3-8,13,15-19,21-22H2,1-2H3/t28-/m1/s1. The van der Waals surface area contributed by atoms with Crippen LogP contribution in [0.3, 0.4) is 0 Å². The molecule has 1 atom stereocenters. The van der Waals surface area contributed by atoms with E-state index in [1.807, 2.05) is 21.9 Å². The summed E-state index contributed by atoms with van der Waals surface area (Å²) in [6.45, 7) is 9.33. The molecule has 5 rings (SSSR count). The summed E-state index contributed by atoms with van der Waals surface area (Å²) in [5.74, 6) is 1.61. The molecule has 0 radical (unpaired) electrons. The second kappa shape index (κ2) is 12.6. The van der Waals surface area contributed by atoms with E-state index >= 15 is 0 Å². The van der Waals surface area contributed by atoms with E-state index in [4.69, 9.17) is 4.74 Å². The molecule has 0 bridgehead atoms. The van der Waals surface area contributed by atoms with Gasteiger partial charge in [0, 0.05) is 30.4 Å². The predicted octanol–water partition coefficient (Wildman–Crippen LogP) is 5.49. The molecule has 7 heteroatoms. The van der Waals surface area contributed by atoms with Crippen LogP contribution in [0.5, 0.6) is 5.75 Å². The van der Waals surface area contributed by atoms with Gasteiger partial charge in [0.05, 0.1) is 12.6 Å². The van der Waals surface area contributed by atoms with Crippen LogP contribution in [0.2, 0.25) is 0 Å². The summed E-state index contributed by atoms with van der Waals surface area (Å²) >= 11 is 1.76. The highest BCUT2D eigenvalue weighted by atomic mass is 32.1. The van der Waals surface area contributed by atoms with Gasteiger partial charge in [-0.05, 0) is 85.8 Å². The molecule has 6 nitrogen and oxygen atoms in total. The molecular weight excluding hydrogens is 494 g/mol. The Morgan fingerprint density at radius 1 is 1.03 bits per heavy atom. The molecule has 1 aliphatic carbocycles. The minimum absolute atomic E-state index is 0.0402. The van der Waals surface area contributed by atoms with Crippen molar-refractivity contribution >= 4 is 23.2 Å². The van der Waals surface area contributed by atoms with E-state index in [-0.39, 0.29) is 30.3 Å². The van der Waals surface area contributed by atoms with E-state index in [1.54, 1.807) is 11.3 Å². The Morgan fingerprint density at radius 2 is 1.76 bits per heavy atom. The number of hydrogen-bond donors (Lipinski definition) is 0. The van der Waals surface area contributed by atoms with Gasteiger partial charge in [-0.15, -0.1) is 11.3 Å². The minimum atomic E-state index is -0.135. The molecule has 0 spiro atoms. The van der Waals surface area contributed by atoms with Gasteiger partial charge in [-0.3, -0.25) is 9.59 Å². The zero-order valence-electron chi connectivity index (χ0n) is 23.1. The van der Waals surface area contributed by atoms with E-state index in [0.717, 1.165) is 57.5 Å². The molecule has 2 fully saturated rings. The molecule has 2 aliphatic heterocycles. The Labute approximate surface area is 231 Å². The second-order valence-corrected chi connectivity index (χ2v) is 12.5. The fourth-order valence-electron chi connectivity index (χ4n) is 6.22. The summed E-state index contributed by atoms with van der Waals surface area (Å²) in [6.07, 6.45) is 7.48. The number of thiophene rings is 1. The zero-order valence-corrected chi connectivity index (χ0v) is 23.9. The third kappa shape index (κ3) is 6.42. The number of fused-ring (bicyclic) bond motifs is 1. The summed E-state index contributed by atoms with van der Waals surface area (Å²) in [5.41, 5.74) is 2.48. The summed E-state index contributed by atoms with van der Waals surface area (Å²) < 4.78 is 6.26. The lowest BCUT2D eigenvalue weighted by molar-refractivity contribution is -0.144. The lowest BCUT2D eigenvalue weighted by Gasteiger charge is -2.37. The number of nitrogens with zero attached hydrogens (tertiary/aromatic N) is 3. The predicted molar refractivity (Wildman–Crippen MR) is 153 cm³/mol. The highest BCUT2D eigenvalue weighted by Crippen LogP contribution is 2.34. The molecular formula is C31H43N3O3S. The highest BCUT2D eigenvalue weighted by molar-refractivity contribution is 7.10. The Balaban J connectivity index is 1.28.